The van der Waals surface area contributed by atoms with Gasteiger partial charge in [0.2, 0.25) is 0 Å². The van der Waals surface area contributed by atoms with Crippen molar-refractivity contribution in [1.29, 1.82) is 0 Å². The first-order valence-electron chi connectivity index (χ1n) is 6.69. The van der Waals surface area contributed by atoms with Crippen molar-refractivity contribution in [1.82, 2.24) is 4.90 Å². The molecular weight excluding hydrogens is 208 g/mol. The van der Waals surface area contributed by atoms with Gasteiger partial charge in [0.15, 0.2) is 0 Å². The van der Waals surface area contributed by atoms with Crippen LogP contribution < -0.4 is 5.73 Å². The third-order valence-corrected chi connectivity index (χ3v) is 4.07. The molecule has 1 fully saturated rings. The zero-order valence-corrected chi connectivity index (χ0v) is 11.0. The Balaban J connectivity index is 1.88. The number of hydrogen-bond acceptors (Lipinski definition) is 2. The lowest BCUT2D eigenvalue weighted by atomic mass is 9.89. The van der Waals surface area contributed by atoms with E-state index in [0.717, 1.165) is 12.6 Å². The van der Waals surface area contributed by atoms with E-state index in [1.807, 2.05) is 6.07 Å². The van der Waals surface area contributed by atoms with Gasteiger partial charge in [-0.2, -0.15) is 0 Å². The minimum absolute atomic E-state index is 0.152. The van der Waals surface area contributed by atoms with Gasteiger partial charge in [0, 0.05) is 18.6 Å². The molecule has 1 aromatic carbocycles. The van der Waals surface area contributed by atoms with E-state index in [4.69, 9.17) is 5.73 Å². The average molecular weight is 232 g/mol. The molecule has 0 bridgehead atoms. The van der Waals surface area contributed by atoms with Gasteiger partial charge in [0.05, 0.1) is 0 Å². The van der Waals surface area contributed by atoms with E-state index < -0.39 is 0 Å². The molecule has 1 saturated carbocycles. The lowest BCUT2D eigenvalue weighted by molar-refractivity contribution is 0.135. The van der Waals surface area contributed by atoms with Crippen LogP contribution in [0.5, 0.6) is 0 Å². The maximum Gasteiger partial charge on any atom is 0.0333 e. The Morgan fingerprint density at radius 3 is 2.47 bits per heavy atom. The van der Waals surface area contributed by atoms with Gasteiger partial charge in [0.1, 0.15) is 0 Å². The molecule has 2 rings (SSSR count). The van der Waals surface area contributed by atoms with Crippen molar-refractivity contribution in [3.8, 4) is 0 Å². The summed E-state index contributed by atoms with van der Waals surface area (Å²) in [5.74, 6) is 0.503. The van der Waals surface area contributed by atoms with E-state index in [1.165, 1.54) is 24.8 Å². The smallest absolute Gasteiger partial charge is 0.0333 e. The molecule has 17 heavy (non-hydrogen) atoms. The van der Waals surface area contributed by atoms with E-state index in [1.54, 1.807) is 0 Å². The second-order valence-corrected chi connectivity index (χ2v) is 5.44. The molecule has 0 spiro atoms. The summed E-state index contributed by atoms with van der Waals surface area (Å²) in [6, 6.07) is 11.4. The van der Waals surface area contributed by atoms with Gasteiger partial charge >= 0.3 is 0 Å². The highest BCUT2D eigenvalue weighted by Crippen LogP contribution is 2.26. The van der Waals surface area contributed by atoms with E-state index in [9.17, 15) is 0 Å². The van der Waals surface area contributed by atoms with Gasteiger partial charge in [-0.3, -0.25) is 0 Å². The summed E-state index contributed by atoms with van der Waals surface area (Å²) in [6.07, 6.45) is 4.13. The van der Waals surface area contributed by atoms with Gasteiger partial charge in [-0.1, -0.05) is 43.7 Å². The van der Waals surface area contributed by atoms with E-state index >= 15 is 0 Å². The van der Waals surface area contributed by atoms with Crippen LogP contribution in [-0.4, -0.2) is 24.5 Å². The maximum atomic E-state index is 6.32. The molecule has 2 atom stereocenters. The number of nitrogens with two attached hydrogens (primary N) is 1. The highest BCUT2D eigenvalue weighted by Gasteiger charge is 2.24. The van der Waals surface area contributed by atoms with Crippen molar-refractivity contribution in [3.05, 3.63) is 35.9 Å². The minimum atomic E-state index is 0.152. The Kier molecular flexibility index (Phi) is 4.19. The number of rotatable bonds is 5. The summed E-state index contributed by atoms with van der Waals surface area (Å²) in [5, 5.41) is 0. The van der Waals surface area contributed by atoms with Gasteiger partial charge < -0.3 is 10.6 Å². The molecule has 0 radical (unpaired) electrons. The van der Waals surface area contributed by atoms with Crippen LogP contribution in [0.2, 0.25) is 0 Å². The summed E-state index contributed by atoms with van der Waals surface area (Å²) in [7, 11) is 2.23. The summed E-state index contributed by atoms with van der Waals surface area (Å²) in [5.41, 5.74) is 7.57. The van der Waals surface area contributed by atoms with E-state index in [0.29, 0.717) is 5.92 Å². The Hall–Kier alpha value is -0.860. The van der Waals surface area contributed by atoms with Crippen LogP contribution in [0.3, 0.4) is 0 Å². The molecule has 0 heterocycles. The van der Waals surface area contributed by atoms with Crippen LogP contribution in [0, 0.1) is 5.92 Å². The molecule has 2 heteroatoms. The SMILES string of the molecule is CC(CN(C)C1CCC1)C(N)c1ccccc1. The number of hydrogen-bond donors (Lipinski definition) is 1. The minimum Gasteiger partial charge on any atom is -0.324 e. The highest BCUT2D eigenvalue weighted by molar-refractivity contribution is 5.19. The third-order valence-electron chi connectivity index (χ3n) is 4.07. The van der Waals surface area contributed by atoms with Crippen molar-refractivity contribution in [3.63, 3.8) is 0 Å². The molecule has 2 N–H and O–H groups in total. The zero-order chi connectivity index (χ0) is 12.3. The first kappa shape index (κ1) is 12.6. The quantitative estimate of drug-likeness (QED) is 0.846. The molecular formula is C15H24N2. The topological polar surface area (TPSA) is 29.3 Å². The van der Waals surface area contributed by atoms with Crippen LogP contribution in [0.25, 0.3) is 0 Å². The second kappa shape index (κ2) is 5.65. The van der Waals surface area contributed by atoms with Crippen LogP contribution >= 0.6 is 0 Å². The predicted octanol–water partition coefficient (Wildman–Crippen LogP) is 2.81. The standard InChI is InChI=1S/C15H24N2/c1-12(11-17(2)14-9-6-10-14)15(16)13-7-4-3-5-8-13/h3-5,7-8,12,14-15H,6,9-11,16H2,1-2H3. The number of benzene rings is 1. The maximum absolute atomic E-state index is 6.32. The lowest BCUT2D eigenvalue weighted by Crippen LogP contribution is -2.41. The van der Waals surface area contributed by atoms with Crippen molar-refractivity contribution in [2.45, 2.75) is 38.3 Å². The van der Waals surface area contributed by atoms with Crippen LogP contribution in [0.1, 0.15) is 37.8 Å². The molecule has 1 aliphatic rings. The molecule has 1 aromatic rings. The average Bonchev–Trinajstić information content (AvgIpc) is 2.26. The molecule has 2 nitrogen and oxygen atoms in total. The summed E-state index contributed by atoms with van der Waals surface area (Å²) in [6.45, 7) is 3.35. The van der Waals surface area contributed by atoms with Crippen molar-refractivity contribution >= 4 is 0 Å². The second-order valence-electron chi connectivity index (χ2n) is 5.44. The fraction of sp³-hybridized carbons (Fsp3) is 0.600. The first-order chi connectivity index (χ1) is 8.18. The molecule has 0 aliphatic heterocycles. The Bertz CT molecular complexity index is 332. The monoisotopic (exact) mass is 232 g/mol. The summed E-state index contributed by atoms with van der Waals surface area (Å²) < 4.78 is 0. The largest absolute Gasteiger partial charge is 0.324 e. The highest BCUT2D eigenvalue weighted by atomic mass is 15.1. The normalized spacial score (nSPS) is 20.0. The van der Waals surface area contributed by atoms with Gasteiger partial charge in [-0.25, -0.2) is 0 Å². The Morgan fingerprint density at radius 1 is 1.29 bits per heavy atom. The molecule has 0 saturated heterocycles. The molecule has 0 amide bonds. The third kappa shape index (κ3) is 3.08. The van der Waals surface area contributed by atoms with Gasteiger partial charge in [0.25, 0.3) is 0 Å². The molecule has 1 aliphatic carbocycles. The van der Waals surface area contributed by atoms with E-state index in [2.05, 4.69) is 43.1 Å². The zero-order valence-electron chi connectivity index (χ0n) is 11.0. The Labute approximate surface area is 105 Å². The van der Waals surface area contributed by atoms with Gasteiger partial charge in [-0.15, -0.1) is 0 Å². The fourth-order valence-corrected chi connectivity index (χ4v) is 2.55. The summed E-state index contributed by atoms with van der Waals surface area (Å²) >= 11 is 0. The van der Waals surface area contributed by atoms with Crippen molar-refractivity contribution < 1.29 is 0 Å². The predicted molar refractivity (Wildman–Crippen MR) is 72.8 cm³/mol. The van der Waals surface area contributed by atoms with Crippen molar-refractivity contribution in [2.24, 2.45) is 11.7 Å². The molecule has 94 valence electrons. The lowest BCUT2D eigenvalue weighted by Gasteiger charge is -2.37. The molecule has 0 aromatic heterocycles. The van der Waals surface area contributed by atoms with E-state index in [-0.39, 0.29) is 6.04 Å². The number of nitrogens with zero attached hydrogens (tertiary/aromatic N) is 1. The molecule has 2 unspecified atom stereocenters. The van der Waals surface area contributed by atoms with Crippen LogP contribution in [-0.2, 0) is 0 Å². The summed E-state index contributed by atoms with van der Waals surface area (Å²) in [4.78, 5) is 2.48. The fourth-order valence-electron chi connectivity index (χ4n) is 2.55. The Morgan fingerprint density at radius 2 is 1.94 bits per heavy atom. The van der Waals surface area contributed by atoms with Crippen molar-refractivity contribution in [2.75, 3.05) is 13.6 Å². The van der Waals surface area contributed by atoms with Gasteiger partial charge in [-0.05, 0) is 31.4 Å². The van der Waals surface area contributed by atoms with Crippen LogP contribution in [0.15, 0.2) is 30.3 Å². The first-order valence-corrected chi connectivity index (χ1v) is 6.69. The van der Waals surface area contributed by atoms with Crippen LogP contribution in [0.4, 0.5) is 0 Å².